The number of aromatic nitrogens is 4. The molecule has 0 bridgehead atoms. The Labute approximate surface area is 168 Å². The van der Waals surface area contributed by atoms with Gasteiger partial charge in [0.25, 0.3) is 0 Å². The molecule has 0 aliphatic carbocycles. The Morgan fingerprint density at radius 1 is 1.11 bits per heavy atom. The highest BCUT2D eigenvalue weighted by molar-refractivity contribution is 7.18. The van der Waals surface area contributed by atoms with Gasteiger partial charge in [-0.25, -0.2) is 15.0 Å². The first-order chi connectivity index (χ1) is 13.7. The van der Waals surface area contributed by atoms with Crippen molar-refractivity contribution in [2.24, 2.45) is 0 Å². The first-order valence-electron chi connectivity index (χ1n) is 9.51. The molecule has 3 aromatic rings. The van der Waals surface area contributed by atoms with Gasteiger partial charge < -0.3 is 15.4 Å². The maximum atomic E-state index is 5.44. The summed E-state index contributed by atoms with van der Waals surface area (Å²) in [6.45, 7) is 9.90. The average molecular weight is 400 g/mol. The topological polar surface area (TPSA) is 88.1 Å². The zero-order valence-corrected chi connectivity index (χ0v) is 17.1. The van der Waals surface area contributed by atoms with E-state index in [1.54, 1.807) is 29.9 Å². The monoisotopic (exact) mass is 399 g/mol. The number of hydrogen-bond donors (Lipinski definition) is 2. The molecule has 4 heterocycles. The van der Waals surface area contributed by atoms with E-state index in [1.807, 2.05) is 0 Å². The van der Waals surface area contributed by atoms with Crippen LogP contribution in [-0.4, -0.2) is 64.2 Å². The van der Waals surface area contributed by atoms with Gasteiger partial charge in [-0.15, -0.1) is 11.3 Å². The third-order valence-electron chi connectivity index (χ3n) is 4.83. The van der Waals surface area contributed by atoms with Gasteiger partial charge in [0.1, 0.15) is 22.3 Å². The van der Waals surface area contributed by atoms with Crippen LogP contribution >= 0.6 is 11.3 Å². The third kappa shape index (κ3) is 4.37. The maximum absolute atomic E-state index is 5.44. The molecule has 2 N–H and O–H groups in total. The maximum Gasteiger partial charge on any atom is 0.146 e. The van der Waals surface area contributed by atoms with Crippen LogP contribution in [0, 0.1) is 13.8 Å². The SMILES string of the molecule is Cc1sc2nc(CN3CCOCC3)nc(NCCNc3cnccn3)c2c1C. The van der Waals surface area contributed by atoms with Crippen LogP contribution in [0.5, 0.6) is 0 Å². The van der Waals surface area contributed by atoms with Crippen molar-refractivity contribution in [2.45, 2.75) is 20.4 Å². The second-order valence-corrected chi connectivity index (χ2v) is 7.99. The number of nitrogens with zero attached hydrogens (tertiary/aromatic N) is 5. The lowest BCUT2D eigenvalue weighted by Gasteiger charge is -2.25. The zero-order chi connectivity index (χ0) is 19.3. The summed E-state index contributed by atoms with van der Waals surface area (Å²) in [6.07, 6.45) is 5.06. The minimum atomic E-state index is 0.727. The van der Waals surface area contributed by atoms with Crippen molar-refractivity contribution in [3.63, 3.8) is 0 Å². The highest BCUT2D eigenvalue weighted by atomic mass is 32.1. The van der Waals surface area contributed by atoms with E-state index in [0.29, 0.717) is 0 Å². The molecule has 3 aromatic heterocycles. The number of ether oxygens (including phenoxy) is 1. The highest BCUT2D eigenvalue weighted by Crippen LogP contribution is 2.33. The molecule has 0 amide bonds. The summed E-state index contributed by atoms with van der Waals surface area (Å²) in [5.41, 5.74) is 1.25. The van der Waals surface area contributed by atoms with E-state index >= 15 is 0 Å². The molecule has 4 rings (SSSR count). The molecule has 0 radical (unpaired) electrons. The fourth-order valence-corrected chi connectivity index (χ4v) is 4.26. The van der Waals surface area contributed by atoms with Gasteiger partial charge >= 0.3 is 0 Å². The lowest BCUT2D eigenvalue weighted by molar-refractivity contribution is 0.0331. The van der Waals surface area contributed by atoms with Crippen LogP contribution in [0.1, 0.15) is 16.3 Å². The van der Waals surface area contributed by atoms with E-state index in [1.165, 1.54) is 10.4 Å². The van der Waals surface area contributed by atoms with Crippen molar-refractivity contribution in [1.82, 2.24) is 24.8 Å². The number of morpholine rings is 1. The van der Waals surface area contributed by atoms with Gasteiger partial charge in [0, 0.05) is 43.4 Å². The summed E-state index contributed by atoms with van der Waals surface area (Å²) in [5.74, 6) is 2.55. The Hall–Kier alpha value is -2.36. The Bertz CT molecular complexity index is 925. The fraction of sp³-hybridized carbons (Fsp3) is 0.474. The molecule has 0 atom stereocenters. The van der Waals surface area contributed by atoms with E-state index in [2.05, 4.69) is 39.3 Å². The van der Waals surface area contributed by atoms with Crippen LogP contribution in [0.3, 0.4) is 0 Å². The molecule has 1 aliphatic heterocycles. The van der Waals surface area contributed by atoms with Gasteiger partial charge in [-0.2, -0.15) is 0 Å². The van der Waals surface area contributed by atoms with Gasteiger partial charge in [-0.1, -0.05) is 0 Å². The molecule has 9 heteroatoms. The van der Waals surface area contributed by atoms with Crippen LogP contribution in [-0.2, 0) is 11.3 Å². The predicted octanol–water partition coefficient (Wildman–Crippen LogP) is 2.45. The van der Waals surface area contributed by atoms with Crippen molar-refractivity contribution in [2.75, 3.05) is 50.0 Å². The fourth-order valence-electron chi connectivity index (χ4n) is 3.21. The zero-order valence-electron chi connectivity index (χ0n) is 16.2. The summed E-state index contributed by atoms with van der Waals surface area (Å²) < 4.78 is 5.44. The van der Waals surface area contributed by atoms with Gasteiger partial charge in [-0.3, -0.25) is 9.88 Å². The second-order valence-electron chi connectivity index (χ2n) is 6.78. The molecule has 0 unspecified atom stereocenters. The Morgan fingerprint density at radius 3 is 2.71 bits per heavy atom. The first-order valence-corrected chi connectivity index (χ1v) is 10.3. The Morgan fingerprint density at radius 2 is 1.93 bits per heavy atom. The molecule has 1 aliphatic rings. The summed E-state index contributed by atoms with van der Waals surface area (Å²) in [7, 11) is 0. The number of fused-ring (bicyclic) bond motifs is 1. The molecule has 28 heavy (non-hydrogen) atoms. The predicted molar refractivity (Wildman–Crippen MR) is 112 cm³/mol. The van der Waals surface area contributed by atoms with E-state index in [4.69, 9.17) is 14.7 Å². The summed E-state index contributed by atoms with van der Waals surface area (Å²) >= 11 is 1.74. The summed E-state index contributed by atoms with van der Waals surface area (Å²) in [6, 6.07) is 0. The van der Waals surface area contributed by atoms with Crippen LogP contribution in [0.25, 0.3) is 10.2 Å². The average Bonchev–Trinajstić information content (AvgIpc) is 3.00. The summed E-state index contributed by atoms with van der Waals surface area (Å²) in [4.78, 5) is 22.7. The number of aryl methyl sites for hydroxylation is 2. The lowest BCUT2D eigenvalue weighted by atomic mass is 10.2. The van der Waals surface area contributed by atoms with Crippen LogP contribution in [0.2, 0.25) is 0 Å². The van der Waals surface area contributed by atoms with Crippen LogP contribution < -0.4 is 10.6 Å². The minimum Gasteiger partial charge on any atom is -0.379 e. The molecule has 8 nitrogen and oxygen atoms in total. The lowest BCUT2D eigenvalue weighted by Crippen LogP contribution is -2.36. The molecular weight excluding hydrogens is 374 g/mol. The first kappa shape index (κ1) is 19.0. The van der Waals surface area contributed by atoms with Gasteiger partial charge in [-0.05, 0) is 19.4 Å². The molecule has 0 spiro atoms. The number of hydrogen-bond acceptors (Lipinski definition) is 9. The highest BCUT2D eigenvalue weighted by Gasteiger charge is 2.17. The van der Waals surface area contributed by atoms with E-state index in [0.717, 1.165) is 73.6 Å². The van der Waals surface area contributed by atoms with Gasteiger partial charge in [0.2, 0.25) is 0 Å². The van der Waals surface area contributed by atoms with E-state index in [9.17, 15) is 0 Å². The van der Waals surface area contributed by atoms with Crippen molar-refractivity contribution in [1.29, 1.82) is 0 Å². The number of thiophene rings is 1. The number of nitrogens with one attached hydrogen (secondary N) is 2. The van der Waals surface area contributed by atoms with Crippen LogP contribution in [0.15, 0.2) is 18.6 Å². The van der Waals surface area contributed by atoms with Gasteiger partial charge in [0.15, 0.2) is 0 Å². The Balaban J connectivity index is 1.49. The molecule has 1 fully saturated rings. The molecule has 148 valence electrons. The third-order valence-corrected chi connectivity index (χ3v) is 5.93. The van der Waals surface area contributed by atoms with Crippen molar-refractivity contribution in [3.8, 4) is 0 Å². The molecule has 0 saturated carbocycles. The second kappa shape index (κ2) is 8.76. The normalized spacial score (nSPS) is 15.1. The van der Waals surface area contributed by atoms with E-state index in [-0.39, 0.29) is 0 Å². The quantitative estimate of drug-likeness (QED) is 0.586. The number of rotatable bonds is 7. The van der Waals surface area contributed by atoms with Gasteiger partial charge in [0.05, 0.1) is 31.3 Å². The molecular formula is C19H25N7OS. The van der Waals surface area contributed by atoms with E-state index < -0.39 is 0 Å². The Kier molecular flexibility index (Phi) is 5.94. The minimum absolute atomic E-state index is 0.727. The van der Waals surface area contributed by atoms with Crippen molar-refractivity contribution >= 4 is 33.2 Å². The van der Waals surface area contributed by atoms with Crippen molar-refractivity contribution < 1.29 is 4.74 Å². The van der Waals surface area contributed by atoms with Crippen molar-refractivity contribution in [3.05, 3.63) is 34.9 Å². The molecule has 1 saturated heterocycles. The standard InChI is InChI=1S/C19H25N7OS/c1-13-14(2)28-19-17(13)18(23-6-5-22-15-11-20-3-4-21-15)24-16(25-19)12-26-7-9-27-10-8-26/h3-4,11H,5-10,12H2,1-2H3,(H,21,22)(H,23,24,25). The smallest absolute Gasteiger partial charge is 0.146 e. The molecule has 0 aromatic carbocycles. The van der Waals surface area contributed by atoms with Crippen LogP contribution in [0.4, 0.5) is 11.6 Å². The summed E-state index contributed by atoms with van der Waals surface area (Å²) in [5, 5.41) is 7.89. The number of anilines is 2. The largest absolute Gasteiger partial charge is 0.379 e.